The molecule has 0 aromatic carbocycles. The molecular formula is C18H24N4O7. The van der Waals surface area contributed by atoms with Crippen molar-refractivity contribution in [1.29, 1.82) is 0 Å². The van der Waals surface area contributed by atoms with Crippen LogP contribution in [-0.4, -0.2) is 65.7 Å². The highest BCUT2D eigenvalue weighted by Gasteiger charge is 2.43. The van der Waals surface area contributed by atoms with Gasteiger partial charge in [0.05, 0.1) is 6.04 Å². The largest absolute Gasteiger partial charge is 0.480 e. The number of pyridine rings is 1. The summed E-state index contributed by atoms with van der Waals surface area (Å²) in [6, 6.07) is 2.51. The quantitative estimate of drug-likeness (QED) is 0.656. The van der Waals surface area contributed by atoms with E-state index in [0.717, 1.165) is 0 Å². The van der Waals surface area contributed by atoms with Crippen LogP contribution in [0.25, 0.3) is 0 Å². The molecule has 0 saturated carbocycles. The van der Waals surface area contributed by atoms with Crippen LogP contribution in [0.4, 0.5) is 21.2 Å². The lowest BCUT2D eigenvalue weighted by atomic mass is 10.1. The van der Waals surface area contributed by atoms with Crippen LogP contribution in [0.1, 0.15) is 27.2 Å². The molecule has 11 nitrogen and oxygen atoms in total. The zero-order valence-electron chi connectivity index (χ0n) is 16.4. The number of cyclic esters (lactones) is 1. The number of carbonyl (C=O) groups excluding carboxylic acids is 3. The second kappa shape index (κ2) is 8.11. The number of aliphatic hydroxyl groups is 1. The van der Waals surface area contributed by atoms with E-state index < -0.39 is 29.9 Å². The number of nitrogens with zero attached hydrogens (tertiary/aromatic N) is 2. The van der Waals surface area contributed by atoms with Gasteiger partial charge in [-0.15, -0.1) is 0 Å². The summed E-state index contributed by atoms with van der Waals surface area (Å²) in [5.74, 6) is 0.440. The number of amides is 3. The third-order valence-corrected chi connectivity index (χ3v) is 4.18. The maximum Gasteiger partial charge on any atom is 0.416 e. The van der Waals surface area contributed by atoms with E-state index >= 15 is 0 Å². The highest BCUT2D eigenvalue weighted by molar-refractivity contribution is 5.95. The lowest BCUT2D eigenvalue weighted by Gasteiger charge is -2.26. The van der Waals surface area contributed by atoms with Gasteiger partial charge in [0.25, 0.3) is 5.91 Å². The highest BCUT2D eigenvalue weighted by atomic mass is 16.6. The summed E-state index contributed by atoms with van der Waals surface area (Å²) in [6.45, 7) is 4.93. The Morgan fingerprint density at radius 2 is 2.17 bits per heavy atom. The van der Waals surface area contributed by atoms with Gasteiger partial charge < -0.3 is 30.0 Å². The Bertz CT molecular complexity index is 808. The van der Waals surface area contributed by atoms with Crippen LogP contribution < -0.4 is 20.3 Å². The van der Waals surface area contributed by atoms with Crippen LogP contribution in [0.5, 0.6) is 5.75 Å². The standard InChI is InChI=1S/C18H24N4O7/c1-18(2,3)29-16(25)19-8-10-11(6-7-23)28-17(26)22(10)13-5-4-12-15(20-13)21-14(24)9-27-12/h4-5,10-11,23H,6-9H2,1-3H3,(H,19,25)(H,20,21,24)/t10-,11+/m1/s1. The van der Waals surface area contributed by atoms with E-state index in [9.17, 15) is 19.5 Å². The monoisotopic (exact) mass is 408 g/mol. The smallest absolute Gasteiger partial charge is 0.416 e. The molecular weight excluding hydrogens is 384 g/mol. The first-order valence-corrected chi connectivity index (χ1v) is 9.19. The maximum atomic E-state index is 12.5. The number of carbonyl (C=O) groups is 3. The minimum absolute atomic E-state index is 0.0208. The van der Waals surface area contributed by atoms with E-state index in [0.29, 0.717) is 5.75 Å². The Morgan fingerprint density at radius 3 is 2.86 bits per heavy atom. The van der Waals surface area contributed by atoms with Crippen LogP contribution in [0.15, 0.2) is 12.1 Å². The minimum atomic E-state index is -0.672. The number of ether oxygens (including phenoxy) is 3. The Hall–Kier alpha value is -3.08. The number of rotatable bonds is 5. The molecule has 1 aromatic heterocycles. The van der Waals surface area contributed by atoms with Crippen molar-refractivity contribution in [1.82, 2.24) is 10.3 Å². The first-order chi connectivity index (χ1) is 13.7. The van der Waals surface area contributed by atoms with Crippen LogP contribution >= 0.6 is 0 Å². The summed E-state index contributed by atoms with van der Waals surface area (Å²) < 4.78 is 15.9. The fourth-order valence-corrected chi connectivity index (χ4v) is 3.02. The van der Waals surface area contributed by atoms with Crippen molar-refractivity contribution in [2.75, 3.05) is 30.0 Å². The Balaban J connectivity index is 1.81. The number of aromatic nitrogens is 1. The molecule has 3 amide bonds. The number of nitrogens with one attached hydrogen (secondary N) is 2. The molecule has 1 saturated heterocycles. The fraction of sp³-hybridized carbons (Fsp3) is 0.556. The van der Waals surface area contributed by atoms with Gasteiger partial charge in [-0.25, -0.2) is 14.6 Å². The zero-order valence-corrected chi connectivity index (χ0v) is 16.4. The topological polar surface area (TPSA) is 139 Å². The average molecular weight is 408 g/mol. The Labute approximate surface area is 167 Å². The lowest BCUT2D eigenvalue weighted by Crippen LogP contribution is -2.47. The van der Waals surface area contributed by atoms with Crippen LogP contribution in [-0.2, 0) is 14.3 Å². The van der Waals surface area contributed by atoms with Gasteiger partial charge in [0.2, 0.25) is 0 Å². The molecule has 29 heavy (non-hydrogen) atoms. The summed E-state index contributed by atoms with van der Waals surface area (Å²) in [5.41, 5.74) is -0.672. The molecule has 0 spiro atoms. The first-order valence-electron chi connectivity index (χ1n) is 9.19. The molecule has 11 heteroatoms. The summed E-state index contributed by atoms with van der Waals surface area (Å²) in [7, 11) is 0. The molecule has 0 unspecified atom stereocenters. The Morgan fingerprint density at radius 1 is 1.41 bits per heavy atom. The number of hydrogen-bond donors (Lipinski definition) is 3. The second-order valence-electron chi connectivity index (χ2n) is 7.61. The predicted molar refractivity (Wildman–Crippen MR) is 101 cm³/mol. The van der Waals surface area contributed by atoms with E-state index in [1.807, 2.05) is 0 Å². The predicted octanol–water partition coefficient (Wildman–Crippen LogP) is 1.01. The second-order valence-corrected chi connectivity index (χ2v) is 7.61. The van der Waals surface area contributed by atoms with E-state index in [1.54, 1.807) is 32.9 Å². The zero-order chi connectivity index (χ0) is 21.2. The average Bonchev–Trinajstić information content (AvgIpc) is 2.93. The van der Waals surface area contributed by atoms with E-state index in [1.165, 1.54) is 4.90 Å². The van der Waals surface area contributed by atoms with Crippen molar-refractivity contribution in [2.45, 2.75) is 44.9 Å². The van der Waals surface area contributed by atoms with Crippen molar-refractivity contribution in [2.24, 2.45) is 0 Å². The molecule has 2 aliphatic heterocycles. The minimum Gasteiger partial charge on any atom is -0.480 e. The van der Waals surface area contributed by atoms with Crippen molar-refractivity contribution >= 4 is 29.7 Å². The third-order valence-electron chi connectivity index (χ3n) is 4.18. The molecule has 1 fully saturated rings. The van der Waals surface area contributed by atoms with Gasteiger partial charge in [-0.2, -0.15) is 0 Å². The molecule has 3 rings (SSSR count). The third kappa shape index (κ3) is 4.86. The van der Waals surface area contributed by atoms with Crippen molar-refractivity contribution < 1.29 is 33.7 Å². The van der Waals surface area contributed by atoms with Gasteiger partial charge in [0, 0.05) is 19.6 Å². The van der Waals surface area contributed by atoms with E-state index in [4.69, 9.17) is 14.2 Å². The van der Waals surface area contributed by atoms with Gasteiger partial charge in [-0.1, -0.05) is 0 Å². The number of alkyl carbamates (subject to hydrolysis) is 1. The highest BCUT2D eigenvalue weighted by Crippen LogP contribution is 2.32. The number of hydrogen-bond acceptors (Lipinski definition) is 8. The summed E-state index contributed by atoms with van der Waals surface area (Å²) in [5, 5.41) is 14.5. The fourth-order valence-electron chi connectivity index (χ4n) is 3.02. The maximum absolute atomic E-state index is 12.5. The van der Waals surface area contributed by atoms with Crippen LogP contribution in [0, 0.1) is 0 Å². The number of aliphatic hydroxyl groups excluding tert-OH is 1. The first kappa shape index (κ1) is 20.6. The van der Waals surface area contributed by atoms with E-state index in [-0.39, 0.29) is 43.7 Å². The van der Waals surface area contributed by atoms with Crippen LogP contribution in [0.3, 0.4) is 0 Å². The SMILES string of the molecule is CC(C)(C)OC(=O)NC[C@@H]1[C@H](CCO)OC(=O)N1c1ccc2c(n1)NC(=O)CO2. The summed E-state index contributed by atoms with van der Waals surface area (Å²) >= 11 is 0. The molecule has 1 aromatic rings. The van der Waals surface area contributed by atoms with Gasteiger partial charge in [-0.3, -0.25) is 9.69 Å². The molecule has 0 aliphatic carbocycles. The summed E-state index contributed by atoms with van der Waals surface area (Å²) in [6.07, 6.45) is -1.78. The number of anilines is 2. The van der Waals surface area contributed by atoms with Gasteiger partial charge >= 0.3 is 12.2 Å². The van der Waals surface area contributed by atoms with Gasteiger partial charge in [-0.05, 0) is 32.9 Å². The molecule has 158 valence electrons. The molecule has 3 heterocycles. The van der Waals surface area contributed by atoms with E-state index in [2.05, 4.69) is 15.6 Å². The van der Waals surface area contributed by atoms with Crippen molar-refractivity contribution in [3.63, 3.8) is 0 Å². The summed E-state index contributed by atoms with van der Waals surface area (Å²) in [4.78, 5) is 41.6. The molecule has 2 aliphatic rings. The molecule has 3 N–H and O–H groups in total. The molecule has 2 atom stereocenters. The molecule has 0 bridgehead atoms. The Kier molecular flexibility index (Phi) is 5.78. The van der Waals surface area contributed by atoms with Gasteiger partial charge in [0.15, 0.2) is 18.2 Å². The van der Waals surface area contributed by atoms with Gasteiger partial charge in [0.1, 0.15) is 17.5 Å². The van der Waals surface area contributed by atoms with Crippen molar-refractivity contribution in [3.05, 3.63) is 12.1 Å². The molecule has 0 radical (unpaired) electrons. The van der Waals surface area contributed by atoms with Crippen LogP contribution in [0.2, 0.25) is 0 Å². The van der Waals surface area contributed by atoms with Crippen molar-refractivity contribution in [3.8, 4) is 5.75 Å². The normalized spacial score (nSPS) is 21.0. The number of fused-ring (bicyclic) bond motifs is 1. The lowest BCUT2D eigenvalue weighted by molar-refractivity contribution is -0.118.